The van der Waals surface area contributed by atoms with Gasteiger partial charge in [-0.2, -0.15) is 0 Å². The van der Waals surface area contributed by atoms with Crippen LogP contribution in [0.15, 0.2) is 53.9 Å². The van der Waals surface area contributed by atoms with Gasteiger partial charge < -0.3 is 14.6 Å². The number of pyridine rings is 1. The number of imidazole rings is 1. The van der Waals surface area contributed by atoms with Gasteiger partial charge in [-0.1, -0.05) is 40.5 Å². The van der Waals surface area contributed by atoms with Crippen molar-refractivity contribution in [1.82, 2.24) is 14.7 Å². The maximum atomic E-state index is 12.3. The predicted molar refractivity (Wildman–Crippen MR) is 104 cm³/mol. The van der Waals surface area contributed by atoms with Crippen LogP contribution in [-0.2, 0) is 16.1 Å². The normalized spacial score (nSPS) is 16.2. The largest absolute Gasteiger partial charge is 0.382 e. The van der Waals surface area contributed by atoms with E-state index in [0.29, 0.717) is 35.1 Å². The molecule has 0 saturated carbocycles. The molecule has 1 amide bonds. The average Bonchev–Trinajstić information content (AvgIpc) is 3.28. The molecular formula is C19H16Cl2N4O2. The van der Waals surface area contributed by atoms with Gasteiger partial charge in [0.05, 0.1) is 16.4 Å². The molecule has 0 bridgehead atoms. The lowest BCUT2D eigenvalue weighted by molar-refractivity contribution is -0.131. The first-order valence-corrected chi connectivity index (χ1v) is 9.24. The molecule has 138 valence electrons. The Morgan fingerprint density at radius 2 is 2.19 bits per heavy atom. The van der Waals surface area contributed by atoms with Gasteiger partial charge >= 0.3 is 0 Å². The van der Waals surface area contributed by atoms with Gasteiger partial charge in [-0.05, 0) is 24.3 Å². The van der Waals surface area contributed by atoms with Crippen LogP contribution in [0.5, 0.6) is 0 Å². The molecule has 1 atom stereocenters. The van der Waals surface area contributed by atoms with E-state index in [0.717, 1.165) is 16.9 Å². The van der Waals surface area contributed by atoms with Crippen molar-refractivity contribution in [2.45, 2.75) is 18.9 Å². The van der Waals surface area contributed by atoms with E-state index in [4.69, 9.17) is 28.0 Å². The summed E-state index contributed by atoms with van der Waals surface area (Å²) in [6.45, 7) is 0.472. The molecule has 6 nitrogen and oxygen atoms in total. The lowest BCUT2D eigenvalue weighted by Gasteiger charge is -2.09. The summed E-state index contributed by atoms with van der Waals surface area (Å²) in [4.78, 5) is 22.1. The number of oxime groups is 1. The van der Waals surface area contributed by atoms with Gasteiger partial charge in [0.25, 0.3) is 5.91 Å². The highest BCUT2D eigenvalue weighted by Gasteiger charge is 2.29. The van der Waals surface area contributed by atoms with Gasteiger partial charge in [-0.15, -0.1) is 0 Å². The zero-order valence-electron chi connectivity index (χ0n) is 14.2. The Hall–Kier alpha value is -2.57. The molecule has 4 rings (SSSR count). The van der Waals surface area contributed by atoms with Crippen LogP contribution in [0, 0.1) is 0 Å². The van der Waals surface area contributed by atoms with Crippen molar-refractivity contribution in [1.29, 1.82) is 0 Å². The van der Waals surface area contributed by atoms with E-state index in [-0.39, 0.29) is 5.91 Å². The second-order valence-corrected chi connectivity index (χ2v) is 7.04. The number of nitrogens with one attached hydrogen (secondary N) is 1. The van der Waals surface area contributed by atoms with Crippen LogP contribution >= 0.6 is 23.2 Å². The van der Waals surface area contributed by atoms with Crippen LogP contribution in [0.25, 0.3) is 5.65 Å². The quantitative estimate of drug-likeness (QED) is 0.709. The highest BCUT2D eigenvalue weighted by Crippen LogP contribution is 2.26. The van der Waals surface area contributed by atoms with Crippen LogP contribution in [0.1, 0.15) is 17.7 Å². The fourth-order valence-electron chi connectivity index (χ4n) is 2.94. The number of hydrogen-bond donors (Lipinski definition) is 1. The highest BCUT2D eigenvalue weighted by atomic mass is 35.5. The molecule has 27 heavy (non-hydrogen) atoms. The number of halogens is 2. The minimum absolute atomic E-state index is 0.206. The molecule has 0 aliphatic carbocycles. The Labute approximate surface area is 165 Å². The minimum Gasteiger partial charge on any atom is -0.382 e. The van der Waals surface area contributed by atoms with Crippen molar-refractivity contribution in [3.8, 4) is 0 Å². The Bertz CT molecular complexity index is 998. The molecule has 0 saturated heterocycles. The number of nitrogens with zero attached hydrogens (tertiary/aromatic N) is 3. The third kappa shape index (κ3) is 3.91. The monoisotopic (exact) mass is 402 g/mol. The number of benzene rings is 1. The van der Waals surface area contributed by atoms with Crippen molar-refractivity contribution < 1.29 is 9.63 Å². The molecule has 2 aromatic heterocycles. The zero-order chi connectivity index (χ0) is 18.8. The summed E-state index contributed by atoms with van der Waals surface area (Å²) in [6, 6.07) is 11.0. The highest BCUT2D eigenvalue weighted by molar-refractivity contribution is 6.37. The predicted octanol–water partition coefficient (Wildman–Crippen LogP) is 3.49. The number of aromatic nitrogens is 2. The van der Waals surface area contributed by atoms with Crippen molar-refractivity contribution in [2.75, 3.05) is 6.54 Å². The van der Waals surface area contributed by atoms with Crippen LogP contribution < -0.4 is 5.32 Å². The van der Waals surface area contributed by atoms with E-state index in [9.17, 15) is 4.79 Å². The van der Waals surface area contributed by atoms with E-state index < -0.39 is 6.10 Å². The fourth-order valence-corrected chi connectivity index (χ4v) is 3.45. The molecule has 1 N–H and O–H groups in total. The van der Waals surface area contributed by atoms with E-state index in [2.05, 4.69) is 15.5 Å². The van der Waals surface area contributed by atoms with Crippen molar-refractivity contribution >= 4 is 40.5 Å². The van der Waals surface area contributed by atoms with Gasteiger partial charge in [0.15, 0.2) is 0 Å². The molecule has 0 fully saturated rings. The molecule has 0 spiro atoms. The Morgan fingerprint density at radius 3 is 3.00 bits per heavy atom. The van der Waals surface area contributed by atoms with Crippen molar-refractivity contribution in [3.05, 3.63) is 70.1 Å². The lowest BCUT2D eigenvalue weighted by atomic mass is 10.0. The number of hydrogen-bond acceptors (Lipinski definition) is 4. The molecule has 0 radical (unpaired) electrons. The Balaban J connectivity index is 1.30. The Morgan fingerprint density at radius 1 is 1.30 bits per heavy atom. The maximum Gasteiger partial charge on any atom is 0.264 e. The van der Waals surface area contributed by atoms with Gasteiger partial charge in [0.2, 0.25) is 6.10 Å². The topological polar surface area (TPSA) is 68.0 Å². The summed E-state index contributed by atoms with van der Waals surface area (Å²) in [5.74, 6) is -0.206. The summed E-state index contributed by atoms with van der Waals surface area (Å²) in [5.41, 5.74) is 3.16. The standard InChI is InChI=1S/C19H16Cl2N4O2/c20-12-4-5-14(15(21)9-12)16-10-17(27-24-16)19(26)22-7-6-13-11-25-8-2-1-3-18(25)23-13/h1-5,8-9,11,17H,6-7,10H2,(H,22,26)/t17-/m0/s1. The number of carbonyl (C=O) groups is 1. The maximum absolute atomic E-state index is 12.3. The lowest BCUT2D eigenvalue weighted by Crippen LogP contribution is -2.36. The van der Waals surface area contributed by atoms with E-state index in [1.165, 1.54) is 0 Å². The molecule has 3 aromatic rings. The first kappa shape index (κ1) is 17.8. The third-order valence-corrected chi connectivity index (χ3v) is 4.85. The number of fused-ring (bicyclic) bond motifs is 1. The summed E-state index contributed by atoms with van der Waals surface area (Å²) in [5, 5.41) is 7.91. The SMILES string of the molecule is O=C(NCCc1cn2ccccc2n1)[C@@H]1CC(c2ccc(Cl)cc2Cl)=NO1. The number of amides is 1. The average molecular weight is 403 g/mol. The van der Waals surface area contributed by atoms with Gasteiger partial charge in [0.1, 0.15) is 5.65 Å². The molecule has 8 heteroatoms. The van der Waals surface area contributed by atoms with Crippen LogP contribution in [0.4, 0.5) is 0 Å². The van der Waals surface area contributed by atoms with Crippen LogP contribution in [-0.4, -0.2) is 33.7 Å². The van der Waals surface area contributed by atoms with Crippen molar-refractivity contribution in [2.24, 2.45) is 5.16 Å². The molecule has 1 aliphatic heterocycles. The third-order valence-electron chi connectivity index (χ3n) is 4.30. The first-order chi connectivity index (χ1) is 13.1. The van der Waals surface area contributed by atoms with Crippen LogP contribution in [0.3, 0.4) is 0 Å². The van der Waals surface area contributed by atoms with Gasteiger partial charge in [-0.3, -0.25) is 4.79 Å². The second kappa shape index (κ2) is 7.58. The fraction of sp³-hybridized carbons (Fsp3) is 0.211. The summed E-state index contributed by atoms with van der Waals surface area (Å²) in [7, 11) is 0. The van der Waals surface area contributed by atoms with Gasteiger partial charge in [-0.25, -0.2) is 4.98 Å². The van der Waals surface area contributed by atoms with E-state index in [1.54, 1.807) is 18.2 Å². The minimum atomic E-state index is -0.659. The molecule has 0 unspecified atom stereocenters. The smallest absolute Gasteiger partial charge is 0.264 e. The van der Waals surface area contributed by atoms with Crippen LogP contribution in [0.2, 0.25) is 10.0 Å². The molecule has 1 aliphatic rings. The van der Waals surface area contributed by atoms with E-state index in [1.807, 2.05) is 35.0 Å². The zero-order valence-corrected chi connectivity index (χ0v) is 15.7. The summed E-state index contributed by atoms with van der Waals surface area (Å²) < 4.78 is 1.95. The number of rotatable bonds is 5. The van der Waals surface area contributed by atoms with Crippen molar-refractivity contribution in [3.63, 3.8) is 0 Å². The first-order valence-electron chi connectivity index (χ1n) is 8.48. The molecule has 3 heterocycles. The van der Waals surface area contributed by atoms with Gasteiger partial charge in [0, 0.05) is 42.4 Å². The molecule has 1 aromatic carbocycles. The summed E-state index contributed by atoms with van der Waals surface area (Å²) >= 11 is 12.1. The second-order valence-electron chi connectivity index (χ2n) is 6.20. The number of carbonyl (C=O) groups excluding carboxylic acids is 1. The molecular weight excluding hydrogens is 387 g/mol. The Kier molecular flexibility index (Phi) is 5.01. The summed E-state index contributed by atoms with van der Waals surface area (Å²) in [6.07, 6.45) is 4.24. The van der Waals surface area contributed by atoms with E-state index >= 15 is 0 Å².